The number of para-hydroxylation sites is 3. The summed E-state index contributed by atoms with van der Waals surface area (Å²) in [7, 11) is 0. The van der Waals surface area contributed by atoms with Crippen LogP contribution in [0.3, 0.4) is 0 Å². The monoisotopic (exact) mass is 458 g/mol. The molecule has 0 spiro atoms. The second kappa shape index (κ2) is 7.34. The van der Waals surface area contributed by atoms with Crippen molar-refractivity contribution in [1.82, 2.24) is 4.40 Å². The summed E-state index contributed by atoms with van der Waals surface area (Å²) < 4.78 is 2.46. The zero-order valence-corrected chi connectivity index (χ0v) is 19.6. The molecule has 0 saturated heterocycles. The molecule has 0 fully saturated rings. The SMILES string of the molecule is c1ccc(N(c2ccccc2)c2cc3c4ccccc4n4c5ccc6ccccc6c5c(c2)c34)cc1. The highest BCUT2D eigenvalue weighted by Gasteiger charge is 2.22. The first-order valence-corrected chi connectivity index (χ1v) is 12.4. The number of anilines is 3. The molecule has 6 aromatic carbocycles. The van der Waals surface area contributed by atoms with Crippen LogP contribution in [0, 0.1) is 0 Å². The third-order valence-corrected chi connectivity index (χ3v) is 7.46. The zero-order valence-electron chi connectivity index (χ0n) is 19.6. The van der Waals surface area contributed by atoms with Gasteiger partial charge >= 0.3 is 0 Å². The predicted molar refractivity (Wildman–Crippen MR) is 153 cm³/mol. The van der Waals surface area contributed by atoms with Crippen LogP contribution in [0.1, 0.15) is 0 Å². The molecule has 0 unspecified atom stereocenters. The Hall–Kier alpha value is -4.82. The Balaban J connectivity index is 1.58. The van der Waals surface area contributed by atoms with Crippen LogP contribution in [0.25, 0.3) is 48.9 Å². The van der Waals surface area contributed by atoms with Gasteiger partial charge in [-0.05, 0) is 59.3 Å². The van der Waals surface area contributed by atoms with Crippen molar-refractivity contribution in [2.75, 3.05) is 4.90 Å². The van der Waals surface area contributed by atoms with Crippen molar-refractivity contribution in [2.45, 2.75) is 0 Å². The van der Waals surface area contributed by atoms with Gasteiger partial charge in [0.1, 0.15) is 0 Å². The summed E-state index contributed by atoms with van der Waals surface area (Å²) in [5, 5.41) is 7.76. The Bertz CT molecular complexity index is 2000. The van der Waals surface area contributed by atoms with E-state index >= 15 is 0 Å². The summed E-state index contributed by atoms with van der Waals surface area (Å²) in [4.78, 5) is 2.37. The highest BCUT2D eigenvalue weighted by molar-refractivity contribution is 6.29. The van der Waals surface area contributed by atoms with Crippen molar-refractivity contribution in [3.63, 3.8) is 0 Å². The van der Waals surface area contributed by atoms with E-state index in [4.69, 9.17) is 0 Å². The molecule has 0 radical (unpaired) electrons. The molecule has 0 atom stereocenters. The van der Waals surface area contributed by atoms with Crippen molar-refractivity contribution < 1.29 is 0 Å². The lowest BCUT2D eigenvalue weighted by Gasteiger charge is -2.25. The van der Waals surface area contributed by atoms with Gasteiger partial charge in [-0.2, -0.15) is 0 Å². The van der Waals surface area contributed by atoms with Crippen LogP contribution in [0.15, 0.2) is 133 Å². The molecule has 8 aromatic rings. The predicted octanol–water partition coefficient (Wildman–Crippen LogP) is 9.46. The van der Waals surface area contributed by atoms with E-state index in [0.717, 1.165) is 11.4 Å². The van der Waals surface area contributed by atoms with Gasteiger partial charge < -0.3 is 9.30 Å². The van der Waals surface area contributed by atoms with E-state index in [1.807, 2.05) is 0 Å². The van der Waals surface area contributed by atoms with Gasteiger partial charge in [-0.1, -0.05) is 84.9 Å². The largest absolute Gasteiger partial charge is 0.310 e. The molecular weight excluding hydrogens is 436 g/mol. The van der Waals surface area contributed by atoms with Crippen LogP contribution in [0.5, 0.6) is 0 Å². The van der Waals surface area contributed by atoms with Crippen LogP contribution in [-0.4, -0.2) is 4.40 Å². The minimum atomic E-state index is 1.15. The third kappa shape index (κ3) is 2.61. The molecule has 0 bridgehead atoms. The Kier molecular flexibility index (Phi) is 3.97. The van der Waals surface area contributed by atoms with Gasteiger partial charge in [-0.15, -0.1) is 0 Å². The zero-order chi connectivity index (χ0) is 23.6. The average molecular weight is 459 g/mol. The molecule has 8 rings (SSSR count). The standard InChI is InChI=1S/C34H22N2/c1-3-12-24(13-4-1)35(25-14-5-2-6-15-25)26-21-29-28-17-9-10-18-31(28)36-32-20-19-23-11-7-8-16-27(23)33(32)30(22-26)34(29)36/h1-22H. The van der Waals surface area contributed by atoms with Crippen LogP contribution in [0.4, 0.5) is 17.1 Å². The second-order valence-electron chi connectivity index (χ2n) is 9.43. The van der Waals surface area contributed by atoms with Gasteiger partial charge in [0.2, 0.25) is 0 Å². The Labute approximate surface area is 208 Å². The number of aromatic nitrogens is 1. The molecule has 2 heteroatoms. The first-order valence-electron chi connectivity index (χ1n) is 12.4. The molecule has 0 saturated carbocycles. The van der Waals surface area contributed by atoms with E-state index < -0.39 is 0 Å². The average Bonchev–Trinajstić information content (AvgIpc) is 3.46. The van der Waals surface area contributed by atoms with E-state index in [2.05, 4.69) is 143 Å². The summed E-state index contributed by atoms with van der Waals surface area (Å²) in [6.45, 7) is 0. The van der Waals surface area contributed by atoms with Crippen LogP contribution >= 0.6 is 0 Å². The molecular formula is C34H22N2. The maximum absolute atomic E-state index is 2.46. The maximum atomic E-state index is 2.46. The Morgan fingerprint density at radius 2 is 1.03 bits per heavy atom. The van der Waals surface area contributed by atoms with E-state index in [1.54, 1.807) is 0 Å². The van der Waals surface area contributed by atoms with Gasteiger partial charge in [-0.25, -0.2) is 0 Å². The summed E-state index contributed by atoms with van der Waals surface area (Å²) >= 11 is 0. The normalized spacial score (nSPS) is 11.9. The molecule has 2 heterocycles. The molecule has 0 N–H and O–H groups in total. The first kappa shape index (κ1) is 19.5. The van der Waals surface area contributed by atoms with Gasteiger partial charge in [0.25, 0.3) is 0 Å². The minimum absolute atomic E-state index is 1.15. The summed E-state index contributed by atoms with van der Waals surface area (Å²) in [6.07, 6.45) is 0. The number of rotatable bonds is 3. The van der Waals surface area contributed by atoms with E-state index in [0.29, 0.717) is 0 Å². The highest BCUT2D eigenvalue weighted by atomic mass is 15.1. The smallest absolute Gasteiger partial charge is 0.0622 e. The molecule has 0 aliphatic rings. The number of hydrogen-bond donors (Lipinski definition) is 0. The molecule has 2 aromatic heterocycles. The second-order valence-corrected chi connectivity index (χ2v) is 9.43. The summed E-state index contributed by atoms with van der Waals surface area (Å²) in [6, 6.07) is 48.1. The fraction of sp³-hybridized carbons (Fsp3) is 0. The van der Waals surface area contributed by atoms with Crippen molar-refractivity contribution in [1.29, 1.82) is 0 Å². The fourth-order valence-electron chi connectivity index (χ4n) is 5.98. The maximum Gasteiger partial charge on any atom is 0.0622 e. The Morgan fingerprint density at radius 3 is 1.78 bits per heavy atom. The third-order valence-electron chi connectivity index (χ3n) is 7.46. The van der Waals surface area contributed by atoms with E-state index in [1.165, 1.54) is 54.6 Å². The van der Waals surface area contributed by atoms with Gasteiger partial charge in [0, 0.05) is 38.6 Å². The van der Waals surface area contributed by atoms with Crippen molar-refractivity contribution in [2.24, 2.45) is 0 Å². The number of fused-ring (bicyclic) bond motifs is 8. The topological polar surface area (TPSA) is 7.65 Å². The number of hydrogen-bond acceptors (Lipinski definition) is 1. The number of benzene rings is 6. The van der Waals surface area contributed by atoms with Crippen molar-refractivity contribution in [3.8, 4) is 0 Å². The summed E-state index contributed by atoms with van der Waals surface area (Å²) in [5.41, 5.74) is 7.28. The molecule has 2 nitrogen and oxygen atoms in total. The highest BCUT2D eigenvalue weighted by Crippen LogP contribution is 2.45. The van der Waals surface area contributed by atoms with Gasteiger partial charge in [0.15, 0.2) is 0 Å². The van der Waals surface area contributed by atoms with Gasteiger partial charge in [0.05, 0.1) is 16.6 Å². The molecule has 0 aliphatic carbocycles. The van der Waals surface area contributed by atoms with Crippen LogP contribution < -0.4 is 4.90 Å². The quantitative estimate of drug-likeness (QED) is 0.256. The summed E-state index contributed by atoms with van der Waals surface area (Å²) in [5.74, 6) is 0. The van der Waals surface area contributed by atoms with E-state index in [9.17, 15) is 0 Å². The van der Waals surface area contributed by atoms with Crippen molar-refractivity contribution >= 4 is 65.9 Å². The van der Waals surface area contributed by atoms with Crippen LogP contribution in [0.2, 0.25) is 0 Å². The minimum Gasteiger partial charge on any atom is -0.310 e. The molecule has 36 heavy (non-hydrogen) atoms. The molecule has 168 valence electrons. The van der Waals surface area contributed by atoms with Crippen molar-refractivity contribution in [3.05, 3.63) is 133 Å². The number of nitrogens with zero attached hydrogens (tertiary/aromatic N) is 2. The Morgan fingerprint density at radius 1 is 0.417 bits per heavy atom. The first-order chi connectivity index (χ1) is 17.9. The lowest BCUT2D eigenvalue weighted by Crippen LogP contribution is -2.09. The molecule has 0 aliphatic heterocycles. The molecule has 0 amide bonds. The lowest BCUT2D eigenvalue weighted by molar-refractivity contribution is 1.29. The fourth-order valence-corrected chi connectivity index (χ4v) is 5.98. The van der Waals surface area contributed by atoms with Crippen LogP contribution in [-0.2, 0) is 0 Å². The van der Waals surface area contributed by atoms with Gasteiger partial charge in [-0.3, -0.25) is 0 Å². The van der Waals surface area contributed by atoms with E-state index in [-0.39, 0.29) is 0 Å². The lowest BCUT2D eigenvalue weighted by atomic mass is 10.0.